The molecule has 0 fully saturated rings. The van der Waals surface area contributed by atoms with Crippen LogP contribution in [0, 0.1) is 11.3 Å². The minimum absolute atomic E-state index is 0.000146. The van der Waals surface area contributed by atoms with E-state index in [1.165, 1.54) is 5.56 Å². The summed E-state index contributed by atoms with van der Waals surface area (Å²) >= 11 is 0. The van der Waals surface area contributed by atoms with Crippen molar-refractivity contribution in [2.24, 2.45) is 0 Å². The molecule has 0 atom stereocenters. The van der Waals surface area contributed by atoms with E-state index in [-0.39, 0.29) is 12.6 Å². The van der Waals surface area contributed by atoms with Crippen LogP contribution in [0.25, 0.3) is 0 Å². The Morgan fingerprint density at radius 2 is 1.88 bits per heavy atom. The lowest BCUT2D eigenvalue weighted by Gasteiger charge is -2.12. The quantitative estimate of drug-likeness (QED) is 0.814. The predicted octanol–water partition coefficient (Wildman–Crippen LogP) is 2.97. The highest BCUT2D eigenvalue weighted by atomic mass is 16.5. The van der Waals surface area contributed by atoms with Gasteiger partial charge in [-0.05, 0) is 49.5 Å². The third-order valence-electron chi connectivity index (χ3n) is 3.36. The number of carbonyl (C=O) groups is 1. The van der Waals surface area contributed by atoms with E-state index in [0.29, 0.717) is 18.0 Å². The SMILES string of the molecule is CN(C)Cc1cccc(CNC(=O)Nc2ccc(OCC#N)cc2)c1. The van der Waals surface area contributed by atoms with Gasteiger partial charge in [-0.3, -0.25) is 0 Å². The molecule has 0 bridgehead atoms. The van der Waals surface area contributed by atoms with Crippen molar-refractivity contribution in [3.8, 4) is 11.8 Å². The highest BCUT2D eigenvalue weighted by Gasteiger charge is 2.03. The Hall–Kier alpha value is -3.04. The second kappa shape index (κ2) is 9.30. The minimum Gasteiger partial charge on any atom is -0.479 e. The number of anilines is 1. The second-order valence-electron chi connectivity index (χ2n) is 5.84. The Kier molecular flexibility index (Phi) is 6.81. The van der Waals surface area contributed by atoms with Crippen molar-refractivity contribution < 1.29 is 9.53 Å². The molecule has 2 N–H and O–H groups in total. The summed E-state index contributed by atoms with van der Waals surface area (Å²) in [6.45, 7) is 1.32. The van der Waals surface area contributed by atoms with Gasteiger partial charge in [-0.2, -0.15) is 5.26 Å². The molecule has 2 rings (SSSR count). The van der Waals surface area contributed by atoms with Crippen LogP contribution in [0.5, 0.6) is 5.75 Å². The first-order valence-corrected chi connectivity index (χ1v) is 7.94. The van der Waals surface area contributed by atoms with E-state index in [2.05, 4.69) is 27.7 Å². The van der Waals surface area contributed by atoms with Crippen LogP contribution in [0.3, 0.4) is 0 Å². The number of nitrogens with one attached hydrogen (secondary N) is 2. The van der Waals surface area contributed by atoms with Crippen LogP contribution in [-0.4, -0.2) is 31.6 Å². The molecule has 0 aliphatic rings. The predicted molar refractivity (Wildman–Crippen MR) is 97.2 cm³/mol. The molecule has 0 saturated heterocycles. The van der Waals surface area contributed by atoms with E-state index < -0.39 is 0 Å². The van der Waals surface area contributed by atoms with Gasteiger partial charge < -0.3 is 20.3 Å². The topological polar surface area (TPSA) is 77.4 Å². The molecular formula is C19H22N4O2. The summed E-state index contributed by atoms with van der Waals surface area (Å²) in [4.78, 5) is 14.1. The van der Waals surface area contributed by atoms with Gasteiger partial charge in [-0.1, -0.05) is 24.3 Å². The van der Waals surface area contributed by atoms with Crippen LogP contribution < -0.4 is 15.4 Å². The molecule has 0 radical (unpaired) electrons. The lowest BCUT2D eigenvalue weighted by atomic mass is 10.1. The van der Waals surface area contributed by atoms with E-state index in [1.807, 2.05) is 32.3 Å². The number of carbonyl (C=O) groups excluding carboxylic acids is 1. The Balaban J connectivity index is 1.83. The zero-order valence-corrected chi connectivity index (χ0v) is 14.5. The summed E-state index contributed by atoms with van der Waals surface area (Å²) in [5, 5.41) is 14.1. The molecule has 2 aromatic rings. The van der Waals surface area contributed by atoms with Crippen molar-refractivity contribution in [1.82, 2.24) is 10.2 Å². The third-order valence-corrected chi connectivity index (χ3v) is 3.36. The van der Waals surface area contributed by atoms with Crippen LogP contribution in [0.2, 0.25) is 0 Å². The van der Waals surface area contributed by atoms with Crippen LogP contribution in [0.4, 0.5) is 10.5 Å². The number of benzene rings is 2. The molecule has 2 aromatic carbocycles. The van der Waals surface area contributed by atoms with Crippen LogP contribution >= 0.6 is 0 Å². The van der Waals surface area contributed by atoms with Crippen LogP contribution in [-0.2, 0) is 13.1 Å². The maximum atomic E-state index is 12.0. The minimum atomic E-state index is -0.274. The highest BCUT2D eigenvalue weighted by Crippen LogP contribution is 2.15. The van der Waals surface area contributed by atoms with Crippen molar-refractivity contribution in [3.63, 3.8) is 0 Å². The van der Waals surface area contributed by atoms with Gasteiger partial charge in [0.05, 0.1) is 0 Å². The molecule has 0 heterocycles. The number of rotatable bonds is 7. The molecule has 6 heteroatoms. The van der Waals surface area contributed by atoms with Crippen LogP contribution in [0.1, 0.15) is 11.1 Å². The number of hydrogen-bond acceptors (Lipinski definition) is 4. The first kappa shape index (κ1) is 18.3. The van der Waals surface area contributed by atoms with Gasteiger partial charge in [-0.25, -0.2) is 4.79 Å². The van der Waals surface area contributed by atoms with Gasteiger partial charge in [0.1, 0.15) is 11.8 Å². The fourth-order valence-electron chi connectivity index (χ4n) is 2.31. The molecule has 0 saturated carbocycles. The van der Waals surface area contributed by atoms with Gasteiger partial charge in [0.15, 0.2) is 6.61 Å². The van der Waals surface area contributed by atoms with Crippen molar-refractivity contribution in [3.05, 3.63) is 59.7 Å². The van der Waals surface area contributed by atoms with Gasteiger partial charge >= 0.3 is 6.03 Å². The van der Waals surface area contributed by atoms with Gasteiger partial charge in [0, 0.05) is 18.8 Å². The maximum Gasteiger partial charge on any atom is 0.319 e. The standard InChI is InChI=1S/C19H22N4O2/c1-23(2)14-16-5-3-4-15(12-16)13-21-19(24)22-17-6-8-18(9-7-17)25-11-10-20/h3-9,12H,11,13-14H2,1-2H3,(H2,21,22,24). The Labute approximate surface area is 148 Å². The van der Waals surface area contributed by atoms with Gasteiger partial charge in [0.25, 0.3) is 0 Å². The Morgan fingerprint density at radius 1 is 1.16 bits per heavy atom. The molecule has 0 aliphatic heterocycles. The van der Waals surface area contributed by atoms with Gasteiger partial charge in [-0.15, -0.1) is 0 Å². The summed E-state index contributed by atoms with van der Waals surface area (Å²) in [7, 11) is 4.05. The van der Waals surface area contributed by atoms with Crippen LogP contribution in [0.15, 0.2) is 48.5 Å². The third kappa shape index (κ3) is 6.53. The zero-order valence-electron chi connectivity index (χ0n) is 14.5. The zero-order chi connectivity index (χ0) is 18.1. The second-order valence-corrected chi connectivity index (χ2v) is 5.84. The van der Waals surface area contributed by atoms with Crippen molar-refractivity contribution in [1.29, 1.82) is 5.26 Å². The van der Waals surface area contributed by atoms with E-state index in [1.54, 1.807) is 24.3 Å². The average molecular weight is 338 g/mol. The first-order chi connectivity index (χ1) is 12.1. The number of nitriles is 1. The highest BCUT2D eigenvalue weighted by molar-refractivity contribution is 5.89. The normalized spacial score (nSPS) is 10.2. The summed E-state index contributed by atoms with van der Waals surface area (Å²) in [5.74, 6) is 0.588. The number of amides is 2. The Morgan fingerprint density at radius 3 is 2.56 bits per heavy atom. The molecule has 0 unspecified atom stereocenters. The summed E-state index contributed by atoms with van der Waals surface area (Å²) in [5.41, 5.74) is 2.91. The maximum absolute atomic E-state index is 12.0. The first-order valence-electron chi connectivity index (χ1n) is 7.94. The lowest BCUT2D eigenvalue weighted by molar-refractivity contribution is 0.251. The fraction of sp³-hybridized carbons (Fsp3) is 0.263. The lowest BCUT2D eigenvalue weighted by Crippen LogP contribution is -2.28. The fourth-order valence-corrected chi connectivity index (χ4v) is 2.31. The average Bonchev–Trinajstić information content (AvgIpc) is 2.59. The van der Waals surface area contributed by atoms with Crippen molar-refractivity contribution in [2.75, 3.05) is 26.0 Å². The molecule has 6 nitrogen and oxygen atoms in total. The molecular weight excluding hydrogens is 316 g/mol. The number of ether oxygens (including phenoxy) is 1. The van der Waals surface area contributed by atoms with Gasteiger partial charge in [0.2, 0.25) is 0 Å². The summed E-state index contributed by atoms with van der Waals surface area (Å²) < 4.78 is 5.17. The number of urea groups is 1. The monoisotopic (exact) mass is 338 g/mol. The smallest absolute Gasteiger partial charge is 0.319 e. The number of nitrogens with zero attached hydrogens (tertiary/aromatic N) is 2. The van der Waals surface area contributed by atoms with E-state index >= 15 is 0 Å². The summed E-state index contributed by atoms with van der Waals surface area (Å²) in [6.07, 6.45) is 0. The van der Waals surface area contributed by atoms with E-state index in [9.17, 15) is 4.79 Å². The summed E-state index contributed by atoms with van der Waals surface area (Å²) in [6, 6.07) is 16.6. The van der Waals surface area contributed by atoms with Crippen molar-refractivity contribution in [2.45, 2.75) is 13.1 Å². The molecule has 0 aliphatic carbocycles. The van der Waals surface area contributed by atoms with E-state index in [0.717, 1.165) is 12.1 Å². The molecule has 130 valence electrons. The van der Waals surface area contributed by atoms with E-state index in [4.69, 9.17) is 10.00 Å². The largest absolute Gasteiger partial charge is 0.479 e. The molecule has 2 amide bonds. The molecule has 0 aromatic heterocycles. The van der Waals surface area contributed by atoms with Crippen molar-refractivity contribution >= 4 is 11.7 Å². The number of hydrogen-bond donors (Lipinski definition) is 2. The molecule has 25 heavy (non-hydrogen) atoms. The molecule has 0 spiro atoms. The Bertz CT molecular complexity index is 736.